The fourth-order valence-corrected chi connectivity index (χ4v) is 3.92. The summed E-state index contributed by atoms with van der Waals surface area (Å²) in [6, 6.07) is 15.1. The first-order valence-corrected chi connectivity index (χ1v) is 11.6. The van der Waals surface area contributed by atoms with Gasteiger partial charge in [-0.05, 0) is 42.3 Å². The molecule has 0 saturated heterocycles. The predicted molar refractivity (Wildman–Crippen MR) is 130 cm³/mol. The molecule has 1 heterocycles. The van der Waals surface area contributed by atoms with Gasteiger partial charge in [0.2, 0.25) is 5.91 Å². The molecule has 0 aliphatic carbocycles. The maximum absolute atomic E-state index is 12.7. The van der Waals surface area contributed by atoms with E-state index in [0.717, 1.165) is 0 Å². The monoisotopic (exact) mass is 481 g/mol. The highest BCUT2D eigenvalue weighted by Crippen LogP contribution is 2.24. The van der Waals surface area contributed by atoms with Gasteiger partial charge < -0.3 is 19.9 Å². The summed E-state index contributed by atoms with van der Waals surface area (Å²) in [7, 11) is 3.12. The standard InChI is InChI=1S/C24H27N5O4S/c1-15(2)20(26-22(31)16-8-6-5-7-9-16)21-27-28-24(29(21)3)34-14-19(30)25-18-12-10-17(11-13-18)23(32)33-4/h5-13,15,20H,14H2,1-4H3,(H,25,30)(H,26,31). The van der Waals surface area contributed by atoms with Crippen molar-refractivity contribution in [3.8, 4) is 0 Å². The number of esters is 1. The first-order chi connectivity index (χ1) is 16.3. The average Bonchev–Trinajstić information content (AvgIpc) is 3.21. The molecule has 0 radical (unpaired) electrons. The summed E-state index contributed by atoms with van der Waals surface area (Å²) in [5, 5.41) is 14.9. The number of methoxy groups -OCH3 is 1. The summed E-state index contributed by atoms with van der Waals surface area (Å²) in [5.41, 5.74) is 1.54. The highest BCUT2D eigenvalue weighted by atomic mass is 32.2. The van der Waals surface area contributed by atoms with Gasteiger partial charge in [0.1, 0.15) is 0 Å². The van der Waals surface area contributed by atoms with Crippen LogP contribution in [0.3, 0.4) is 0 Å². The van der Waals surface area contributed by atoms with E-state index in [-0.39, 0.29) is 29.5 Å². The van der Waals surface area contributed by atoms with Gasteiger partial charge in [0.05, 0.1) is 24.5 Å². The number of amides is 2. The van der Waals surface area contributed by atoms with Gasteiger partial charge in [0.25, 0.3) is 5.91 Å². The van der Waals surface area contributed by atoms with Crippen LogP contribution in [0.25, 0.3) is 0 Å². The fourth-order valence-electron chi connectivity index (χ4n) is 3.20. The molecule has 3 rings (SSSR count). The van der Waals surface area contributed by atoms with E-state index in [0.29, 0.717) is 27.8 Å². The van der Waals surface area contributed by atoms with Crippen LogP contribution in [0.1, 0.15) is 46.4 Å². The summed E-state index contributed by atoms with van der Waals surface area (Å²) >= 11 is 1.24. The van der Waals surface area contributed by atoms with Crippen molar-refractivity contribution in [2.45, 2.75) is 25.0 Å². The van der Waals surface area contributed by atoms with E-state index in [1.54, 1.807) is 41.0 Å². The van der Waals surface area contributed by atoms with Crippen molar-refractivity contribution in [2.24, 2.45) is 13.0 Å². The second kappa shape index (κ2) is 11.5. The number of carbonyl (C=O) groups excluding carboxylic acids is 3. The van der Waals surface area contributed by atoms with Crippen molar-refractivity contribution in [1.82, 2.24) is 20.1 Å². The Kier molecular flexibility index (Phi) is 8.42. The van der Waals surface area contributed by atoms with Gasteiger partial charge in [-0.15, -0.1) is 10.2 Å². The third-order valence-corrected chi connectivity index (χ3v) is 6.08. The molecule has 1 atom stereocenters. The van der Waals surface area contributed by atoms with Crippen molar-refractivity contribution in [3.63, 3.8) is 0 Å². The number of rotatable bonds is 9. The van der Waals surface area contributed by atoms with E-state index >= 15 is 0 Å². The molecule has 0 aliphatic rings. The zero-order valence-corrected chi connectivity index (χ0v) is 20.3. The SMILES string of the molecule is COC(=O)c1ccc(NC(=O)CSc2nnc(C(NC(=O)c3ccccc3)C(C)C)n2C)cc1. The fraction of sp³-hybridized carbons (Fsp3) is 0.292. The third-order valence-electron chi connectivity index (χ3n) is 5.06. The van der Waals surface area contributed by atoms with Crippen LogP contribution in [0.15, 0.2) is 59.8 Å². The van der Waals surface area contributed by atoms with Crippen LogP contribution in [0, 0.1) is 5.92 Å². The molecular formula is C24H27N5O4S. The lowest BCUT2D eigenvalue weighted by Gasteiger charge is -2.21. The Labute approximate surface area is 202 Å². The molecular weight excluding hydrogens is 454 g/mol. The van der Waals surface area contributed by atoms with E-state index in [2.05, 4.69) is 25.6 Å². The molecule has 1 unspecified atom stereocenters. The number of aromatic nitrogens is 3. The van der Waals surface area contributed by atoms with Gasteiger partial charge >= 0.3 is 5.97 Å². The zero-order chi connectivity index (χ0) is 24.7. The van der Waals surface area contributed by atoms with E-state index in [4.69, 9.17) is 0 Å². The molecule has 2 aromatic carbocycles. The van der Waals surface area contributed by atoms with E-state index < -0.39 is 5.97 Å². The minimum atomic E-state index is -0.439. The van der Waals surface area contributed by atoms with Gasteiger partial charge in [-0.3, -0.25) is 9.59 Å². The summed E-state index contributed by atoms with van der Waals surface area (Å²) in [4.78, 5) is 36.6. The number of hydrogen-bond acceptors (Lipinski definition) is 7. The van der Waals surface area contributed by atoms with Crippen LogP contribution >= 0.6 is 11.8 Å². The van der Waals surface area contributed by atoms with E-state index in [1.165, 1.54) is 18.9 Å². The quantitative estimate of drug-likeness (QED) is 0.355. The number of hydrogen-bond donors (Lipinski definition) is 2. The number of nitrogens with zero attached hydrogens (tertiary/aromatic N) is 3. The maximum Gasteiger partial charge on any atom is 0.337 e. The summed E-state index contributed by atoms with van der Waals surface area (Å²) in [6.07, 6.45) is 0. The van der Waals surface area contributed by atoms with Crippen molar-refractivity contribution < 1.29 is 19.1 Å². The Bertz CT molecular complexity index is 1150. The third kappa shape index (κ3) is 6.22. The largest absolute Gasteiger partial charge is 0.465 e. The van der Waals surface area contributed by atoms with Crippen molar-refractivity contribution in [1.29, 1.82) is 0 Å². The predicted octanol–water partition coefficient (Wildman–Crippen LogP) is 3.46. The Hall–Kier alpha value is -3.66. The Balaban J connectivity index is 1.61. The molecule has 2 amide bonds. The molecule has 178 valence electrons. The topological polar surface area (TPSA) is 115 Å². The number of nitrogens with one attached hydrogen (secondary N) is 2. The number of thioether (sulfide) groups is 1. The average molecular weight is 482 g/mol. The maximum atomic E-state index is 12.7. The highest BCUT2D eigenvalue weighted by Gasteiger charge is 2.25. The van der Waals surface area contributed by atoms with Crippen LogP contribution in [-0.4, -0.2) is 45.4 Å². The highest BCUT2D eigenvalue weighted by molar-refractivity contribution is 7.99. The molecule has 10 heteroatoms. The Morgan fingerprint density at radius 3 is 2.29 bits per heavy atom. The molecule has 9 nitrogen and oxygen atoms in total. The second-order valence-corrected chi connectivity index (χ2v) is 8.81. The van der Waals surface area contributed by atoms with Crippen LogP contribution < -0.4 is 10.6 Å². The minimum absolute atomic E-state index is 0.0738. The number of benzene rings is 2. The van der Waals surface area contributed by atoms with Crippen LogP contribution in [-0.2, 0) is 16.6 Å². The first-order valence-electron chi connectivity index (χ1n) is 10.7. The Morgan fingerprint density at radius 2 is 1.68 bits per heavy atom. The molecule has 0 aliphatic heterocycles. The smallest absolute Gasteiger partial charge is 0.337 e. The lowest BCUT2D eigenvalue weighted by atomic mass is 10.0. The van der Waals surface area contributed by atoms with Gasteiger partial charge in [-0.25, -0.2) is 4.79 Å². The van der Waals surface area contributed by atoms with Crippen LogP contribution in [0.5, 0.6) is 0 Å². The first kappa shape index (κ1) is 25.0. The van der Waals surface area contributed by atoms with E-state index in [9.17, 15) is 14.4 Å². The second-order valence-electron chi connectivity index (χ2n) is 7.87. The van der Waals surface area contributed by atoms with Gasteiger partial charge in [-0.2, -0.15) is 0 Å². The van der Waals surface area contributed by atoms with Gasteiger partial charge in [-0.1, -0.05) is 43.8 Å². The lowest BCUT2D eigenvalue weighted by molar-refractivity contribution is -0.113. The van der Waals surface area contributed by atoms with Gasteiger partial charge in [0.15, 0.2) is 11.0 Å². The summed E-state index contributed by atoms with van der Waals surface area (Å²) in [6.45, 7) is 3.99. The molecule has 0 bridgehead atoms. The van der Waals surface area contributed by atoms with Crippen molar-refractivity contribution >= 4 is 35.2 Å². The number of anilines is 1. The zero-order valence-electron chi connectivity index (χ0n) is 19.4. The molecule has 34 heavy (non-hydrogen) atoms. The van der Waals surface area contributed by atoms with Gasteiger partial charge in [0, 0.05) is 18.3 Å². The molecule has 0 spiro atoms. The van der Waals surface area contributed by atoms with Crippen molar-refractivity contribution in [2.75, 3.05) is 18.2 Å². The molecule has 2 N–H and O–H groups in total. The van der Waals surface area contributed by atoms with Crippen molar-refractivity contribution in [3.05, 3.63) is 71.5 Å². The number of ether oxygens (including phenoxy) is 1. The Morgan fingerprint density at radius 1 is 1.00 bits per heavy atom. The molecule has 0 fully saturated rings. The molecule has 0 saturated carbocycles. The number of carbonyl (C=O) groups is 3. The minimum Gasteiger partial charge on any atom is -0.465 e. The molecule has 3 aromatic rings. The summed E-state index contributed by atoms with van der Waals surface area (Å²) < 4.78 is 6.46. The normalized spacial score (nSPS) is 11.7. The van der Waals surface area contributed by atoms with E-state index in [1.807, 2.05) is 39.1 Å². The van der Waals surface area contributed by atoms with Crippen LogP contribution in [0.2, 0.25) is 0 Å². The lowest BCUT2D eigenvalue weighted by Crippen LogP contribution is -2.33. The summed E-state index contributed by atoms with van der Waals surface area (Å²) in [5.74, 6) is -0.0447. The molecule has 1 aromatic heterocycles. The van der Waals surface area contributed by atoms with Crippen LogP contribution in [0.4, 0.5) is 5.69 Å².